The third-order valence-electron chi connectivity index (χ3n) is 2.63. The highest BCUT2D eigenvalue weighted by molar-refractivity contribution is 7.38. The molecule has 1 fully saturated rings. The van der Waals surface area contributed by atoms with E-state index in [2.05, 4.69) is 6.92 Å². The van der Waals surface area contributed by atoms with E-state index in [1.54, 1.807) is 0 Å². The molecule has 1 atom stereocenters. The van der Waals surface area contributed by atoms with Crippen LogP contribution in [0.2, 0.25) is 0 Å². The lowest BCUT2D eigenvalue weighted by atomic mass is 10.0. The summed E-state index contributed by atoms with van der Waals surface area (Å²) in [5.74, 6) is 0. The van der Waals surface area contributed by atoms with Crippen LogP contribution in [0.25, 0.3) is 0 Å². The first kappa shape index (κ1) is 11.5. The van der Waals surface area contributed by atoms with Gasteiger partial charge in [-0.3, -0.25) is 0 Å². The summed E-state index contributed by atoms with van der Waals surface area (Å²) in [6.07, 6.45) is 9.89. The van der Waals surface area contributed by atoms with Crippen molar-refractivity contribution < 1.29 is 4.74 Å². The monoisotopic (exact) mass is 202 g/mol. The van der Waals surface area contributed by atoms with Crippen molar-refractivity contribution in [3.63, 3.8) is 0 Å². The fraction of sp³-hybridized carbons (Fsp3) is 1.00. The lowest BCUT2D eigenvalue weighted by Gasteiger charge is -2.21. The van der Waals surface area contributed by atoms with Gasteiger partial charge in [0.05, 0.1) is 6.61 Å². The average Bonchev–Trinajstić information content (AvgIpc) is 2.19. The van der Waals surface area contributed by atoms with Gasteiger partial charge in [0.15, 0.2) is 0 Å². The molecule has 0 spiro atoms. The summed E-state index contributed by atoms with van der Waals surface area (Å²) in [5.41, 5.74) is 1.05. The Morgan fingerprint density at radius 3 is 2.62 bits per heavy atom. The topological polar surface area (TPSA) is 9.23 Å². The van der Waals surface area contributed by atoms with Crippen LogP contribution in [0.15, 0.2) is 0 Å². The minimum Gasteiger partial charge on any atom is -0.381 e. The lowest BCUT2D eigenvalue weighted by molar-refractivity contribution is 0.150. The Hall–Kier alpha value is 0.390. The van der Waals surface area contributed by atoms with E-state index in [9.17, 15) is 0 Å². The Kier molecular flexibility index (Phi) is 6.85. The zero-order valence-electron chi connectivity index (χ0n) is 8.85. The van der Waals surface area contributed by atoms with E-state index in [4.69, 9.17) is 4.74 Å². The molecule has 0 radical (unpaired) electrons. The number of rotatable bonds is 6. The molecule has 0 amide bonds. The summed E-state index contributed by atoms with van der Waals surface area (Å²) in [7, 11) is 1.17. The predicted octanol–water partition coefficient (Wildman–Crippen LogP) is 3.42. The summed E-state index contributed by atoms with van der Waals surface area (Å²) in [4.78, 5) is 0. The molecule has 2 heteroatoms. The van der Waals surface area contributed by atoms with Gasteiger partial charge in [-0.2, -0.15) is 0 Å². The molecule has 0 aromatic rings. The number of ether oxygens (including phenoxy) is 1. The van der Waals surface area contributed by atoms with Gasteiger partial charge >= 0.3 is 0 Å². The fourth-order valence-electron chi connectivity index (χ4n) is 1.89. The van der Waals surface area contributed by atoms with E-state index in [-0.39, 0.29) is 0 Å². The Morgan fingerprint density at radius 1 is 1.15 bits per heavy atom. The molecular formula is C11H23OP. The predicted molar refractivity (Wildman–Crippen MR) is 61.2 cm³/mol. The zero-order chi connectivity index (χ0) is 9.36. The maximum absolute atomic E-state index is 5.48. The van der Waals surface area contributed by atoms with Gasteiger partial charge in [-0.05, 0) is 31.1 Å². The highest BCUT2D eigenvalue weighted by atomic mass is 31.1. The first-order valence-corrected chi connectivity index (χ1v) is 7.03. The largest absolute Gasteiger partial charge is 0.381 e. The van der Waals surface area contributed by atoms with Crippen LogP contribution in [-0.2, 0) is 4.74 Å². The molecule has 0 aromatic carbocycles. The maximum atomic E-state index is 5.48. The molecule has 13 heavy (non-hydrogen) atoms. The van der Waals surface area contributed by atoms with Gasteiger partial charge in [0.1, 0.15) is 0 Å². The second-order valence-corrected chi connectivity index (χ2v) is 5.63. The molecule has 1 nitrogen and oxygen atoms in total. The van der Waals surface area contributed by atoms with Crippen molar-refractivity contribution in [2.45, 2.75) is 51.1 Å². The average molecular weight is 202 g/mol. The summed E-state index contributed by atoms with van der Waals surface area (Å²) in [6.45, 7) is 4.13. The first-order chi connectivity index (χ1) is 6.43. The molecule has 0 heterocycles. The van der Waals surface area contributed by atoms with Crippen LogP contribution in [-0.4, -0.2) is 25.0 Å². The molecule has 1 saturated carbocycles. The van der Waals surface area contributed by atoms with Gasteiger partial charge in [-0.15, -0.1) is 8.58 Å². The fourth-order valence-corrected chi connectivity index (χ4v) is 3.38. The Morgan fingerprint density at radius 2 is 1.92 bits per heavy atom. The van der Waals surface area contributed by atoms with Crippen LogP contribution in [0.1, 0.15) is 45.4 Å². The molecule has 1 unspecified atom stereocenters. The van der Waals surface area contributed by atoms with E-state index in [1.807, 2.05) is 0 Å². The van der Waals surface area contributed by atoms with Gasteiger partial charge in [-0.1, -0.05) is 26.2 Å². The van der Waals surface area contributed by atoms with Gasteiger partial charge in [0.2, 0.25) is 0 Å². The van der Waals surface area contributed by atoms with Gasteiger partial charge in [0.25, 0.3) is 0 Å². The minimum absolute atomic E-state index is 0.954. The number of hydrogen-bond donors (Lipinski definition) is 0. The smallest absolute Gasteiger partial charge is 0.0502 e. The van der Waals surface area contributed by atoms with E-state index < -0.39 is 0 Å². The molecule has 1 aliphatic rings. The summed E-state index contributed by atoms with van der Waals surface area (Å²) >= 11 is 0. The molecular weight excluding hydrogens is 179 g/mol. The maximum Gasteiger partial charge on any atom is 0.0502 e. The van der Waals surface area contributed by atoms with Gasteiger partial charge < -0.3 is 4.74 Å². The Bertz CT molecular complexity index is 111. The standard InChI is InChI=1S/C11H23OP/c1-2-8-12-9-10-13-11-6-4-3-5-7-11/h11,13H,2-10H2,1H3. The van der Waals surface area contributed by atoms with Crippen LogP contribution in [0.5, 0.6) is 0 Å². The van der Waals surface area contributed by atoms with Crippen LogP contribution in [0.3, 0.4) is 0 Å². The van der Waals surface area contributed by atoms with E-state index in [0.717, 1.165) is 25.3 Å². The highest BCUT2D eigenvalue weighted by Gasteiger charge is 2.12. The Labute approximate surface area is 84.4 Å². The molecule has 0 aromatic heterocycles. The summed E-state index contributed by atoms with van der Waals surface area (Å²) in [6, 6.07) is 0. The van der Waals surface area contributed by atoms with E-state index in [1.165, 1.54) is 46.8 Å². The van der Waals surface area contributed by atoms with Crippen LogP contribution in [0, 0.1) is 0 Å². The first-order valence-electron chi connectivity index (χ1n) is 5.74. The second kappa shape index (κ2) is 7.76. The normalized spacial score (nSPS) is 20.1. The summed E-state index contributed by atoms with van der Waals surface area (Å²) < 4.78 is 5.48. The highest BCUT2D eigenvalue weighted by Crippen LogP contribution is 2.32. The summed E-state index contributed by atoms with van der Waals surface area (Å²) in [5, 5.41) is 0. The quantitative estimate of drug-likeness (QED) is 0.473. The van der Waals surface area contributed by atoms with E-state index >= 15 is 0 Å². The third kappa shape index (κ3) is 5.65. The second-order valence-electron chi connectivity index (χ2n) is 3.90. The van der Waals surface area contributed by atoms with Crippen LogP contribution >= 0.6 is 8.58 Å². The van der Waals surface area contributed by atoms with Gasteiger partial charge in [0, 0.05) is 6.61 Å². The van der Waals surface area contributed by atoms with E-state index in [0.29, 0.717) is 0 Å². The molecule has 0 aliphatic heterocycles. The third-order valence-corrected chi connectivity index (χ3v) is 4.28. The van der Waals surface area contributed by atoms with Crippen molar-refractivity contribution in [3.8, 4) is 0 Å². The lowest BCUT2D eigenvalue weighted by Crippen LogP contribution is -2.08. The SMILES string of the molecule is CCCOCCPC1CCCCC1. The molecule has 78 valence electrons. The number of hydrogen-bond acceptors (Lipinski definition) is 1. The molecule has 0 N–H and O–H groups in total. The molecule has 1 aliphatic carbocycles. The van der Waals surface area contributed by atoms with Crippen molar-refractivity contribution >= 4 is 8.58 Å². The van der Waals surface area contributed by atoms with Crippen molar-refractivity contribution in [2.24, 2.45) is 0 Å². The van der Waals surface area contributed by atoms with Crippen molar-refractivity contribution in [1.29, 1.82) is 0 Å². The van der Waals surface area contributed by atoms with Crippen molar-refractivity contribution in [3.05, 3.63) is 0 Å². The van der Waals surface area contributed by atoms with Crippen molar-refractivity contribution in [1.82, 2.24) is 0 Å². The Balaban J connectivity index is 1.86. The van der Waals surface area contributed by atoms with Crippen molar-refractivity contribution in [2.75, 3.05) is 19.4 Å². The van der Waals surface area contributed by atoms with Crippen LogP contribution < -0.4 is 0 Å². The molecule has 0 saturated heterocycles. The zero-order valence-corrected chi connectivity index (χ0v) is 9.85. The minimum atomic E-state index is 0.954. The van der Waals surface area contributed by atoms with Gasteiger partial charge in [-0.25, -0.2) is 0 Å². The van der Waals surface area contributed by atoms with Crippen LogP contribution in [0.4, 0.5) is 0 Å². The molecule has 0 bridgehead atoms. The molecule has 1 rings (SSSR count).